The molecule has 0 aliphatic carbocycles. The first-order chi connectivity index (χ1) is 11.1. The molecule has 1 aliphatic heterocycles. The summed E-state index contributed by atoms with van der Waals surface area (Å²) in [5.41, 5.74) is 8.12. The fourth-order valence-electron chi connectivity index (χ4n) is 3.13. The first-order valence-corrected chi connectivity index (χ1v) is 8.42. The maximum Gasteiger partial charge on any atom is 0.240 e. The summed E-state index contributed by atoms with van der Waals surface area (Å²) < 4.78 is 0. The number of nitrogens with zero attached hydrogens (tertiary/aromatic N) is 1. The molecule has 1 amide bonds. The Kier molecular flexibility index (Phi) is 6.57. The zero-order valence-electron chi connectivity index (χ0n) is 13.4. The predicted molar refractivity (Wildman–Crippen MR) is 91.0 cm³/mol. The highest BCUT2D eigenvalue weighted by atomic mass is 35.5. The molecule has 3 N–H and O–H groups in total. The van der Waals surface area contributed by atoms with Crippen molar-refractivity contribution < 1.29 is 9.59 Å². The van der Waals surface area contributed by atoms with E-state index in [1.165, 1.54) is 6.92 Å². The van der Waals surface area contributed by atoms with Gasteiger partial charge in [0.25, 0.3) is 0 Å². The molecule has 126 valence electrons. The molecule has 0 aromatic heterocycles. The number of halogens is 1. The lowest BCUT2D eigenvalue weighted by Crippen LogP contribution is -2.49. The van der Waals surface area contributed by atoms with Gasteiger partial charge < -0.3 is 10.6 Å². The van der Waals surface area contributed by atoms with E-state index in [-0.39, 0.29) is 11.7 Å². The van der Waals surface area contributed by atoms with Gasteiger partial charge in [-0.3, -0.25) is 9.59 Å². The van der Waals surface area contributed by atoms with Crippen molar-refractivity contribution in [2.75, 3.05) is 13.1 Å². The van der Waals surface area contributed by atoms with Crippen LogP contribution in [0.2, 0.25) is 0 Å². The second kappa shape index (κ2) is 8.43. The molecule has 1 aromatic carbocycles. The van der Waals surface area contributed by atoms with E-state index < -0.39 is 12.1 Å². The molecule has 2 atom stereocenters. The highest BCUT2D eigenvalue weighted by Gasteiger charge is 2.35. The summed E-state index contributed by atoms with van der Waals surface area (Å²) in [6, 6.07) is 6.73. The number of ketones is 1. The minimum Gasteiger partial charge on any atom is -0.327 e. The van der Waals surface area contributed by atoms with Crippen molar-refractivity contribution >= 4 is 23.5 Å². The summed E-state index contributed by atoms with van der Waals surface area (Å²) in [6.45, 7) is 2.76. The van der Waals surface area contributed by atoms with Crippen LogP contribution in [0.15, 0.2) is 24.3 Å². The molecule has 0 unspecified atom stereocenters. The number of rotatable bonds is 7. The number of Topliss-reactive ketones (excluding diaryl/α,β-unsaturated/α-hetero) is 1. The van der Waals surface area contributed by atoms with Crippen LogP contribution in [0.3, 0.4) is 0 Å². The van der Waals surface area contributed by atoms with Crippen molar-refractivity contribution in [3.63, 3.8) is 0 Å². The normalized spacial score (nSPS) is 18.4. The fraction of sp³-hybridized carbons (Fsp3) is 0.529. The van der Waals surface area contributed by atoms with Gasteiger partial charge in [0.15, 0.2) is 5.78 Å². The van der Waals surface area contributed by atoms with Crippen molar-refractivity contribution in [2.45, 2.75) is 44.7 Å². The Balaban J connectivity index is 2.09. The van der Waals surface area contributed by atoms with E-state index in [0.717, 1.165) is 30.4 Å². The van der Waals surface area contributed by atoms with E-state index in [9.17, 15) is 9.59 Å². The van der Waals surface area contributed by atoms with Crippen LogP contribution in [-0.2, 0) is 16.0 Å². The smallest absolute Gasteiger partial charge is 0.240 e. The molecular weight excluding hydrogens is 314 g/mol. The minimum atomic E-state index is -0.572. The van der Waals surface area contributed by atoms with Gasteiger partial charge in [0, 0.05) is 13.1 Å². The topological polar surface area (TPSA) is 75.4 Å². The predicted octanol–water partition coefficient (Wildman–Crippen LogP) is 1.94. The Bertz CT molecular complexity index is 565. The number of carbonyl (C=O) groups is 2. The molecular formula is C17H24ClN3O2. The third-order valence-electron chi connectivity index (χ3n) is 4.31. The summed E-state index contributed by atoms with van der Waals surface area (Å²) in [5, 5.41) is 0. The molecule has 6 heteroatoms. The number of amides is 1. The van der Waals surface area contributed by atoms with Gasteiger partial charge >= 0.3 is 0 Å². The summed E-state index contributed by atoms with van der Waals surface area (Å²) in [7, 11) is 0. The van der Waals surface area contributed by atoms with Gasteiger partial charge in [-0.15, -0.1) is 0 Å². The molecule has 0 spiro atoms. The summed E-state index contributed by atoms with van der Waals surface area (Å²) >= 11 is 5.41. The second-order valence-corrected chi connectivity index (χ2v) is 6.25. The SMILES string of the molecule is CC(=O)[C@@H]1c2ccccc2CCN1C(=O)[C@@H](N)CCCCNCl. The van der Waals surface area contributed by atoms with Gasteiger partial charge in [-0.25, -0.2) is 4.84 Å². The monoisotopic (exact) mass is 337 g/mol. The number of carbonyl (C=O) groups excluding carboxylic acids is 2. The van der Waals surface area contributed by atoms with E-state index in [1.54, 1.807) is 4.90 Å². The lowest BCUT2D eigenvalue weighted by molar-refractivity contribution is -0.141. The highest BCUT2D eigenvalue weighted by molar-refractivity contribution is 6.13. The first-order valence-electron chi connectivity index (χ1n) is 8.04. The Morgan fingerprint density at radius 1 is 1.39 bits per heavy atom. The Morgan fingerprint density at radius 2 is 2.13 bits per heavy atom. The van der Waals surface area contributed by atoms with E-state index in [1.807, 2.05) is 24.3 Å². The average molecular weight is 338 g/mol. The maximum atomic E-state index is 12.7. The molecule has 5 nitrogen and oxygen atoms in total. The standard InChI is InChI=1S/C17H24ClN3O2/c1-12(22)16-14-7-3-2-6-13(14)9-11-21(16)17(23)15(19)8-4-5-10-20-18/h2-3,6-7,15-16,20H,4-5,8-11,19H2,1H3/t15-,16+/m0/s1. The zero-order valence-corrected chi connectivity index (χ0v) is 14.2. The largest absolute Gasteiger partial charge is 0.327 e. The van der Waals surface area contributed by atoms with Crippen molar-refractivity contribution in [3.05, 3.63) is 35.4 Å². The van der Waals surface area contributed by atoms with Crippen LogP contribution < -0.4 is 10.6 Å². The Hall–Kier alpha value is -1.43. The number of unbranched alkanes of at least 4 members (excludes halogenated alkanes) is 1. The van der Waals surface area contributed by atoms with Crippen molar-refractivity contribution in [3.8, 4) is 0 Å². The van der Waals surface area contributed by atoms with Crippen LogP contribution in [0.25, 0.3) is 0 Å². The highest BCUT2D eigenvalue weighted by Crippen LogP contribution is 2.31. The quantitative estimate of drug-likeness (QED) is 0.589. The van der Waals surface area contributed by atoms with Crippen LogP contribution in [0.1, 0.15) is 43.4 Å². The zero-order chi connectivity index (χ0) is 16.8. The Labute approximate surface area is 142 Å². The Morgan fingerprint density at radius 3 is 2.83 bits per heavy atom. The lowest BCUT2D eigenvalue weighted by atomic mass is 9.90. The van der Waals surface area contributed by atoms with E-state index in [0.29, 0.717) is 19.5 Å². The van der Waals surface area contributed by atoms with Gasteiger partial charge in [0.05, 0.1) is 6.04 Å². The van der Waals surface area contributed by atoms with Gasteiger partial charge in [-0.2, -0.15) is 0 Å². The van der Waals surface area contributed by atoms with Crippen molar-refractivity contribution in [1.82, 2.24) is 9.74 Å². The summed E-state index contributed by atoms with van der Waals surface area (Å²) in [4.78, 5) is 29.0. The third kappa shape index (κ3) is 4.31. The van der Waals surface area contributed by atoms with Crippen molar-refractivity contribution in [1.29, 1.82) is 0 Å². The maximum absolute atomic E-state index is 12.7. The number of benzene rings is 1. The average Bonchev–Trinajstić information content (AvgIpc) is 2.56. The van der Waals surface area contributed by atoms with Crippen LogP contribution in [0.4, 0.5) is 0 Å². The number of fused-ring (bicyclic) bond motifs is 1. The first kappa shape index (κ1) is 17.9. The molecule has 23 heavy (non-hydrogen) atoms. The molecule has 0 bridgehead atoms. The second-order valence-electron chi connectivity index (χ2n) is 5.98. The van der Waals surface area contributed by atoms with E-state index >= 15 is 0 Å². The molecule has 0 radical (unpaired) electrons. The van der Waals surface area contributed by atoms with Gasteiger partial charge in [0.2, 0.25) is 5.91 Å². The molecule has 1 aliphatic rings. The molecule has 0 saturated carbocycles. The summed E-state index contributed by atoms with van der Waals surface area (Å²) in [5.74, 6) is -0.164. The van der Waals surface area contributed by atoms with Crippen LogP contribution in [0.5, 0.6) is 0 Å². The number of nitrogens with two attached hydrogens (primary N) is 1. The number of nitrogens with one attached hydrogen (secondary N) is 1. The number of hydrogen-bond acceptors (Lipinski definition) is 4. The van der Waals surface area contributed by atoms with Gasteiger partial charge in [-0.1, -0.05) is 30.7 Å². The summed E-state index contributed by atoms with van der Waals surface area (Å²) in [6.07, 6.45) is 3.04. The van der Waals surface area contributed by atoms with E-state index in [4.69, 9.17) is 17.5 Å². The van der Waals surface area contributed by atoms with Crippen LogP contribution in [0, 0.1) is 0 Å². The van der Waals surface area contributed by atoms with Crippen LogP contribution in [-0.4, -0.2) is 35.7 Å². The lowest BCUT2D eigenvalue weighted by Gasteiger charge is -2.37. The minimum absolute atomic E-state index is 0.0240. The molecule has 1 heterocycles. The van der Waals surface area contributed by atoms with Crippen LogP contribution >= 0.6 is 11.8 Å². The number of hydrogen-bond donors (Lipinski definition) is 2. The fourth-order valence-corrected chi connectivity index (χ4v) is 3.27. The van der Waals surface area contributed by atoms with E-state index in [2.05, 4.69) is 4.84 Å². The third-order valence-corrected chi connectivity index (χ3v) is 4.49. The molecule has 0 fully saturated rings. The molecule has 0 saturated heterocycles. The molecule has 2 rings (SSSR count). The van der Waals surface area contributed by atoms with Gasteiger partial charge in [-0.05, 0) is 49.1 Å². The van der Waals surface area contributed by atoms with Gasteiger partial charge in [0.1, 0.15) is 6.04 Å². The molecule has 1 aromatic rings. The van der Waals surface area contributed by atoms with Crippen molar-refractivity contribution in [2.24, 2.45) is 5.73 Å².